The number of aromatic hydroxyl groups is 1. The number of hydrogen-bond donors (Lipinski definition) is 4. The van der Waals surface area contributed by atoms with E-state index in [1.807, 2.05) is 36.4 Å². The van der Waals surface area contributed by atoms with Crippen LogP contribution < -0.4 is 16.4 Å². The summed E-state index contributed by atoms with van der Waals surface area (Å²) in [6, 6.07) is 22.0. The van der Waals surface area contributed by atoms with Crippen LogP contribution in [0.4, 0.5) is 5.69 Å². The zero-order valence-corrected chi connectivity index (χ0v) is 23.6. The Balaban J connectivity index is 1.16. The van der Waals surface area contributed by atoms with Crippen LogP contribution in [-0.4, -0.2) is 28.5 Å². The SMILES string of the molecule is Nc1ccc(C(=O)N[C@@H](CCc2ccccc2)C(=O)NC23CC4CC(CC(C4)C2)C3)cc1CCc1ccc(O)cc1. The van der Waals surface area contributed by atoms with E-state index in [1.165, 1.54) is 19.3 Å². The largest absolute Gasteiger partial charge is 0.508 e. The zero-order valence-electron chi connectivity index (χ0n) is 23.6. The lowest BCUT2D eigenvalue weighted by molar-refractivity contribution is -0.128. The lowest BCUT2D eigenvalue weighted by Crippen LogP contribution is -2.62. The standard InChI is InChI=1S/C35H41N3O3/c36-31-14-11-29(19-28(31)10-6-24-7-12-30(39)13-8-24)33(40)37-32(15-9-23-4-2-1-3-5-23)34(41)38-35-20-25-16-26(21-35)18-27(17-25)22-35/h1-5,7-8,11-14,19,25-27,32,39H,6,9-10,15-18,20-22,36H2,(H,37,40)(H,38,41)/t25?,26?,27?,32-,35?/m0/s1. The molecule has 4 fully saturated rings. The van der Waals surface area contributed by atoms with Crippen LogP contribution in [-0.2, 0) is 24.1 Å². The molecule has 0 heterocycles. The van der Waals surface area contributed by atoms with Crippen LogP contribution in [0.5, 0.6) is 5.75 Å². The first-order valence-electron chi connectivity index (χ1n) is 15.2. The van der Waals surface area contributed by atoms with Gasteiger partial charge in [0.05, 0.1) is 0 Å². The quantitative estimate of drug-likeness (QED) is 0.247. The Bertz CT molecular complexity index is 1350. The van der Waals surface area contributed by atoms with E-state index >= 15 is 0 Å². The van der Waals surface area contributed by atoms with Crippen molar-refractivity contribution in [2.24, 2.45) is 17.8 Å². The van der Waals surface area contributed by atoms with Crippen molar-refractivity contribution in [1.29, 1.82) is 0 Å². The van der Waals surface area contributed by atoms with Gasteiger partial charge in [-0.2, -0.15) is 0 Å². The lowest BCUT2D eigenvalue weighted by Gasteiger charge is -2.57. The maximum atomic E-state index is 13.9. The topological polar surface area (TPSA) is 104 Å². The first-order chi connectivity index (χ1) is 19.8. The predicted molar refractivity (Wildman–Crippen MR) is 161 cm³/mol. The number of carbonyl (C=O) groups is 2. The van der Waals surface area contributed by atoms with Crippen LogP contribution in [0.2, 0.25) is 0 Å². The summed E-state index contributed by atoms with van der Waals surface area (Å²) in [4.78, 5) is 27.4. The molecule has 7 rings (SSSR count). The summed E-state index contributed by atoms with van der Waals surface area (Å²) in [5.41, 5.74) is 10.4. The number of nitrogen functional groups attached to an aromatic ring is 1. The van der Waals surface area contributed by atoms with Gasteiger partial charge in [-0.05, 0) is 129 Å². The van der Waals surface area contributed by atoms with E-state index in [1.54, 1.807) is 24.3 Å². The summed E-state index contributed by atoms with van der Waals surface area (Å²) in [6.45, 7) is 0. The molecule has 4 aliphatic rings. The minimum Gasteiger partial charge on any atom is -0.508 e. The van der Waals surface area contributed by atoms with Gasteiger partial charge in [0.2, 0.25) is 5.91 Å². The molecule has 214 valence electrons. The molecule has 0 radical (unpaired) electrons. The third kappa shape index (κ3) is 6.42. The molecule has 0 aromatic heterocycles. The number of amides is 2. The van der Waals surface area contributed by atoms with E-state index < -0.39 is 6.04 Å². The average molecular weight is 552 g/mol. The first-order valence-corrected chi connectivity index (χ1v) is 15.2. The third-order valence-electron chi connectivity index (χ3n) is 9.64. The fraction of sp³-hybridized carbons (Fsp3) is 0.429. The van der Waals surface area contributed by atoms with Crippen molar-refractivity contribution in [2.75, 3.05) is 5.73 Å². The van der Waals surface area contributed by atoms with E-state index in [9.17, 15) is 14.7 Å². The van der Waals surface area contributed by atoms with Gasteiger partial charge in [-0.1, -0.05) is 42.5 Å². The molecule has 4 bridgehead atoms. The van der Waals surface area contributed by atoms with E-state index in [0.717, 1.165) is 60.1 Å². The number of anilines is 1. The summed E-state index contributed by atoms with van der Waals surface area (Å²) >= 11 is 0. The zero-order chi connectivity index (χ0) is 28.4. The summed E-state index contributed by atoms with van der Waals surface area (Å²) in [7, 11) is 0. The molecule has 0 aliphatic heterocycles. The van der Waals surface area contributed by atoms with E-state index in [-0.39, 0.29) is 23.1 Å². The predicted octanol–water partition coefficient (Wildman–Crippen LogP) is 5.58. The number of hydrogen-bond acceptors (Lipinski definition) is 4. The van der Waals surface area contributed by atoms with Gasteiger partial charge in [0.1, 0.15) is 11.8 Å². The molecule has 4 saturated carbocycles. The fourth-order valence-corrected chi connectivity index (χ4v) is 7.98. The van der Waals surface area contributed by atoms with Gasteiger partial charge in [-0.25, -0.2) is 0 Å². The van der Waals surface area contributed by atoms with Crippen molar-refractivity contribution in [1.82, 2.24) is 10.6 Å². The summed E-state index contributed by atoms with van der Waals surface area (Å²) in [5.74, 6) is 2.12. The van der Waals surface area contributed by atoms with Gasteiger partial charge >= 0.3 is 0 Å². The number of nitrogens with two attached hydrogens (primary N) is 1. The Labute approximate surface area is 242 Å². The molecule has 3 aromatic rings. The monoisotopic (exact) mass is 551 g/mol. The van der Waals surface area contributed by atoms with Crippen LogP contribution >= 0.6 is 0 Å². The van der Waals surface area contributed by atoms with Gasteiger partial charge in [-0.3, -0.25) is 9.59 Å². The molecule has 5 N–H and O–H groups in total. The van der Waals surface area contributed by atoms with Gasteiger partial charge in [0.15, 0.2) is 0 Å². The van der Waals surface area contributed by atoms with Crippen molar-refractivity contribution in [2.45, 2.75) is 75.8 Å². The molecule has 0 spiro atoms. The molecule has 0 unspecified atom stereocenters. The van der Waals surface area contributed by atoms with Crippen LogP contribution in [0.15, 0.2) is 72.8 Å². The number of rotatable bonds is 10. The maximum Gasteiger partial charge on any atom is 0.251 e. The van der Waals surface area contributed by atoms with E-state index in [0.29, 0.717) is 30.5 Å². The molecule has 3 aromatic carbocycles. The minimum atomic E-state index is -0.617. The number of phenols is 1. The van der Waals surface area contributed by atoms with Crippen LogP contribution in [0.3, 0.4) is 0 Å². The van der Waals surface area contributed by atoms with Crippen molar-refractivity contribution in [3.8, 4) is 5.75 Å². The number of carbonyl (C=O) groups excluding carboxylic acids is 2. The Morgan fingerprint density at radius 2 is 1.46 bits per heavy atom. The normalized spacial score (nSPS) is 25.0. The first kappa shape index (κ1) is 27.4. The smallest absolute Gasteiger partial charge is 0.251 e. The molecule has 1 atom stereocenters. The average Bonchev–Trinajstić information content (AvgIpc) is 2.95. The van der Waals surface area contributed by atoms with Gasteiger partial charge in [-0.15, -0.1) is 0 Å². The highest BCUT2D eigenvalue weighted by Crippen LogP contribution is 2.55. The highest BCUT2D eigenvalue weighted by atomic mass is 16.3. The molecule has 6 nitrogen and oxygen atoms in total. The molecule has 0 saturated heterocycles. The van der Waals surface area contributed by atoms with Crippen molar-refractivity contribution in [3.05, 3.63) is 95.1 Å². The molecule has 4 aliphatic carbocycles. The van der Waals surface area contributed by atoms with E-state index in [2.05, 4.69) is 22.8 Å². The molecule has 6 heteroatoms. The number of phenolic OH excluding ortho intramolecular Hbond substituents is 1. The fourth-order valence-electron chi connectivity index (χ4n) is 7.98. The van der Waals surface area contributed by atoms with Crippen LogP contribution in [0, 0.1) is 17.8 Å². The summed E-state index contributed by atoms with van der Waals surface area (Å²) < 4.78 is 0. The highest BCUT2D eigenvalue weighted by molar-refractivity contribution is 5.98. The van der Waals surface area contributed by atoms with Gasteiger partial charge in [0, 0.05) is 16.8 Å². The molecule has 41 heavy (non-hydrogen) atoms. The highest BCUT2D eigenvalue weighted by Gasteiger charge is 2.51. The van der Waals surface area contributed by atoms with Gasteiger partial charge in [0.25, 0.3) is 5.91 Å². The molecular formula is C35H41N3O3. The van der Waals surface area contributed by atoms with Crippen molar-refractivity contribution in [3.63, 3.8) is 0 Å². The Morgan fingerprint density at radius 3 is 2.12 bits per heavy atom. The second-order valence-corrected chi connectivity index (χ2v) is 12.8. The Kier molecular flexibility index (Phi) is 7.74. The van der Waals surface area contributed by atoms with Crippen molar-refractivity contribution < 1.29 is 14.7 Å². The van der Waals surface area contributed by atoms with E-state index in [4.69, 9.17) is 5.73 Å². The minimum absolute atomic E-state index is 0.0563. The van der Waals surface area contributed by atoms with Gasteiger partial charge < -0.3 is 21.5 Å². The lowest BCUT2D eigenvalue weighted by atomic mass is 9.53. The molecular weight excluding hydrogens is 510 g/mol. The summed E-state index contributed by atoms with van der Waals surface area (Å²) in [5, 5.41) is 16.1. The second-order valence-electron chi connectivity index (χ2n) is 12.8. The number of benzene rings is 3. The Hall–Kier alpha value is -3.80. The Morgan fingerprint density at radius 1 is 0.829 bits per heavy atom. The second kappa shape index (κ2) is 11.6. The van der Waals surface area contributed by atoms with Crippen LogP contribution in [0.1, 0.15) is 72.0 Å². The maximum absolute atomic E-state index is 13.9. The van der Waals surface area contributed by atoms with Crippen molar-refractivity contribution >= 4 is 17.5 Å². The number of aryl methyl sites for hydroxylation is 3. The summed E-state index contributed by atoms with van der Waals surface area (Å²) in [6.07, 6.45) is 9.83. The van der Waals surface area contributed by atoms with Crippen LogP contribution in [0.25, 0.3) is 0 Å². The third-order valence-corrected chi connectivity index (χ3v) is 9.64. The number of nitrogens with one attached hydrogen (secondary N) is 2. The molecule has 2 amide bonds.